The molecule has 2 aromatic carbocycles. The largest absolute Gasteiger partial charge is 0.481 e. The highest BCUT2D eigenvalue weighted by molar-refractivity contribution is 7.98. The summed E-state index contributed by atoms with van der Waals surface area (Å²) in [5.41, 5.74) is 4.57. The maximum absolute atomic E-state index is 13.5. The molecule has 1 aliphatic carbocycles. The average molecular weight is 495 g/mol. The first kappa shape index (κ1) is 23.7. The normalized spacial score (nSPS) is 23.0. The van der Waals surface area contributed by atoms with E-state index < -0.39 is 24.0 Å². The fourth-order valence-electron chi connectivity index (χ4n) is 6.05. The smallest absolute Gasteiger partial charge is 0.407 e. The third kappa shape index (κ3) is 4.40. The van der Waals surface area contributed by atoms with Crippen LogP contribution in [-0.4, -0.2) is 64.7 Å². The molecule has 3 aliphatic rings. The van der Waals surface area contributed by atoms with Crippen LogP contribution in [0.2, 0.25) is 0 Å². The van der Waals surface area contributed by atoms with Gasteiger partial charge in [-0.1, -0.05) is 48.5 Å². The highest BCUT2D eigenvalue weighted by Crippen LogP contribution is 2.45. The van der Waals surface area contributed by atoms with Crippen LogP contribution in [0.3, 0.4) is 0 Å². The van der Waals surface area contributed by atoms with E-state index in [9.17, 15) is 19.5 Å². The number of hydrogen-bond donors (Lipinski definition) is 2. The quantitative estimate of drug-likeness (QED) is 0.573. The number of nitrogens with zero attached hydrogens (tertiary/aromatic N) is 1. The van der Waals surface area contributed by atoms with E-state index in [4.69, 9.17) is 4.74 Å². The minimum Gasteiger partial charge on any atom is -0.481 e. The lowest BCUT2D eigenvalue weighted by atomic mass is 9.89. The molecule has 2 fully saturated rings. The van der Waals surface area contributed by atoms with E-state index in [1.165, 1.54) is 0 Å². The Morgan fingerprint density at radius 2 is 1.74 bits per heavy atom. The summed E-state index contributed by atoms with van der Waals surface area (Å²) < 4.78 is 5.67. The summed E-state index contributed by atoms with van der Waals surface area (Å²) in [6, 6.07) is 15.2. The summed E-state index contributed by atoms with van der Waals surface area (Å²) in [5.74, 6) is -0.914. The van der Waals surface area contributed by atoms with Gasteiger partial charge < -0.3 is 20.1 Å². The molecule has 8 heteroatoms. The number of thioether (sulfide) groups is 1. The first-order valence-electron chi connectivity index (χ1n) is 12.1. The third-order valence-electron chi connectivity index (χ3n) is 7.65. The van der Waals surface area contributed by atoms with Crippen molar-refractivity contribution >= 4 is 29.7 Å². The molecule has 0 unspecified atom stereocenters. The Hall–Kier alpha value is -3.00. The van der Waals surface area contributed by atoms with Crippen LogP contribution in [0, 0.1) is 5.92 Å². The minimum absolute atomic E-state index is 0.0562. The Morgan fingerprint density at radius 3 is 2.34 bits per heavy atom. The lowest BCUT2D eigenvalue weighted by Crippen LogP contribution is -2.51. The van der Waals surface area contributed by atoms with E-state index in [1.54, 1.807) is 16.7 Å². The van der Waals surface area contributed by atoms with Crippen molar-refractivity contribution in [3.8, 4) is 11.1 Å². The Bertz CT molecular complexity index is 1090. The number of carbonyl (C=O) groups excluding carboxylic acids is 2. The van der Waals surface area contributed by atoms with Crippen LogP contribution in [0.4, 0.5) is 4.79 Å². The maximum Gasteiger partial charge on any atom is 0.407 e. The van der Waals surface area contributed by atoms with Crippen molar-refractivity contribution in [1.29, 1.82) is 0 Å². The van der Waals surface area contributed by atoms with Gasteiger partial charge in [-0.2, -0.15) is 11.8 Å². The maximum atomic E-state index is 13.5. The van der Waals surface area contributed by atoms with Gasteiger partial charge in [0.2, 0.25) is 5.91 Å². The van der Waals surface area contributed by atoms with Crippen LogP contribution < -0.4 is 5.32 Å². The third-order valence-corrected chi connectivity index (χ3v) is 8.30. The number of hydrogen-bond acceptors (Lipinski definition) is 5. The lowest BCUT2D eigenvalue weighted by molar-refractivity contribution is -0.143. The molecule has 4 atom stereocenters. The predicted molar refractivity (Wildman–Crippen MR) is 134 cm³/mol. The number of nitrogens with one attached hydrogen (secondary N) is 1. The van der Waals surface area contributed by atoms with Gasteiger partial charge in [-0.05, 0) is 59.9 Å². The van der Waals surface area contributed by atoms with Crippen molar-refractivity contribution in [2.75, 3.05) is 18.6 Å². The van der Waals surface area contributed by atoms with Crippen LogP contribution in [0.15, 0.2) is 48.5 Å². The molecule has 0 aromatic heterocycles. The molecule has 2 saturated heterocycles. The molecule has 35 heavy (non-hydrogen) atoms. The summed E-state index contributed by atoms with van der Waals surface area (Å²) in [7, 11) is 0. The van der Waals surface area contributed by atoms with Gasteiger partial charge in [0.05, 0.1) is 5.92 Å². The van der Waals surface area contributed by atoms with Crippen LogP contribution >= 0.6 is 11.8 Å². The van der Waals surface area contributed by atoms with Crippen molar-refractivity contribution in [2.24, 2.45) is 5.92 Å². The van der Waals surface area contributed by atoms with Gasteiger partial charge in [0.25, 0.3) is 0 Å². The molecule has 2 bridgehead atoms. The molecular weight excluding hydrogens is 464 g/mol. The molecule has 184 valence electrons. The number of aliphatic carboxylic acids is 1. The Labute approximate surface area is 209 Å². The number of fused-ring (bicyclic) bond motifs is 5. The van der Waals surface area contributed by atoms with Crippen molar-refractivity contribution in [2.45, 2.75) is 49.7 Å². The van der Waals surface area contributed by atoms with Gasteiger partial charge in [-0.3, -0.25) is 9.59 Å². The fourth-order valence-corrected chi connectivity index (χ4v) is 6.52. The number of carbonyl (C=O) groups is 3. The van der Waals surface area contributed by atoms with E-state index in [1.807, 2.05) is 30.5 Å². The number of benzene rings is 2. The number of amides is 2. The molecule has 2 N–H and O–H groups in total. The Balaban J connectivity index is 1.26. The average Bonchev–Trinajstić information content (AvgIpc) is 3.54. The summed E-state index contributed by atoms with van der Waals surface area (Å²) in [6.07, 6.45) is 3.82. The van der Waals surface area contributed by atoms with E-state index in [2.05, 4.69) is 29.6 Å². The molecule has 2 heterocycles. The van der Waals surface area contributed by atoms with Crippen molar-refractivity contribution < 1.29 is 24.2 Å². The fraction of sp³-hybridized carbons (Fsp3) is 0.444. The second kappa shape index (κ2) is 9.93. The molecule has 0 radical (unpaired) electrons. The summed E-state index contributed by atoms with van der Waals surface area (Å²) in [5, 5.41) is 12.3. The highest BCUT2D eigenvalue weighted by Gasteiger charge is 2.52. The van der Waals surface area contributed by atoms with E-state index >= 15 is 0 Å². The zero-order valence-electron chi connectivity index (χ0n) is 19.7. The number of ether oxygens (including phenoxy) is 1. The molecule has 7 nitrogen and oxygen atoms in total. The minimum atomic E-state index is -0.847. The highest BCUT2D eigenvalue weighted by atomic mass is 32.2. The molecule has 0 spiro atoms. The van der Waals surface area contributed by atoms with E-state index in [-0.39, 0.29) is 30.5 Å². The predicted octanol–water partition coefficient (Wildman–Crippen LogP) is 4.11. The first-order valence-corrected chi connectivity index (χ1v) is 13.5. The van der Waals surface area contributed by atoms with Gasteiger partial charge in [-0.25, -0.2) is 4.79 Å². The zero-order chi connectivity index (χ0) is 24.5. The van der Waals surface area contributed by atoms with Crippen molar-refractivity contribution in [3.05, 3.63) is 59.7 Å². The van der Waals surface area contributed by atoms with Crippen LogP contribution in [0.1, 0.15) is 42.7 Å². The summed E-state index contributed by atoms with van der Waals surface area (Å²) >= 11 is 1.60. The summed E-state index contributed by atoms with van der Waals surface area (Å²) in [4.78, 5) is 39.7. The molecule has 2 amide bonds. The van der Waals surface area contributed by atoms with Gasteiger partial charge in [0, 0.05) is 18.0 Å². The number of alkyl carbamates (subject to hydrolysis) is 1. The zero-order valence-corrected chi connectivity index (χ0v) is 20.5. The molecule has 5 rings (SSSR count). The van der Waals surface area contributed by atoms with Gasteiger partial charge in [0.15, 0.2) is 0 Å². The van der Waals surface area contributed by atoms with Gasteiger partial charge in [0.1, 0.15) is 12.6 Å². The topological polar surface area (TPSA) is 95.9 Å². The Morgan fingerprint density at radius 1 is 1.09 bits per heavy atom. The number of carboxylic acids is 1. The molecule has 2 aromatic rings. The molecule has 0 saturated carbocycles. The van der Waals surface area contributed by atoms with Crippen LogP contribution in [-0.2, 0) is 14.3 Å². The standard InChI is InChI=1S/C27H30N2O5S/c1-35-13-12-23(25(30)29-16-10-11-24(29)21(14-16)26(31)32)28-27(33)34-15-22-19-8-4-2-6-17(19)18-7-3-5-9-20(18)22/h2-9,16,21-24H,10-15H2,1H3,(H,28,33)(H,31,32)/t16-,21+,23-,24+/m1/s1. The monoisotopic (exact) mass is 494 g/mol. The van der Waals surface area contributed by atoms with Crippen molar-refractivity contribution in [3.63, 3.8) is 0 Å². The van der Waals surface area contributed by atoms with E-state index in [0.717, 1.165) is 28.7 Å². The van der Waals surface area contributed by atoms with Gasteiger partial charge >= 0.3 is 12.1 Å². The van der Waals surface area contributed by atoms with Crippen LogP contribution in [0.25, 0.3) is 11.1 Å². The SMILES string of the molecule is CSCC[C@@H](NC(=O)OCC1c2ccccc2-c2ccccc21)C(=O)N1[C@@H]2CC[C@H]1[C@@H](C(=O)O)C2. The van der Waals surface area contributed by atoms with E-state index in [0.29, 0.717) is 25.0 Å². The number of carboxylic acid groups (broad SMARTS) is 1. The molecular formula is C27H30N2O5S. The Kier molecular flexibility index (Phi) is 6.73. The second-order valence-electron chi connectivity index (χ2n) is 9.53. The first-order chi connectivity index (χ1) is 17.0. The summed E-state index contributed by atoms with van der Waals surface area (Å²) in [6.45, 7) is 0.180. The molecule has 2 aliphatic heterocycles. The van der Waals surface area contributed by atoms with Crippen molar-refractivity contribution in [1.82, 2.24) is 10.2 Å². The van der Waals surface area contributed by atoms with Crippen LogP contribution in [0.5, 0.6) is 0 Å². The lowest BCUT2D eigenvalue weighted by Gasteiger charge is -2.28. The number of rotatable bonds is 8. The second-order valence-corrected chi connectivity index (χ2v) is 10.5. The van der Waals surface area contributed by atoms with Gasteiger partial charge in [-0.15, -0.1) is 0 Å².